The Labute approximate surface area is 112 Å². The molecule has 5 heteroatoms. The first kappa shape index (κ1) is 15.6. The number of methoxy groups -OCH3 is 1. The van der Waals surface area contributed by atoms with E-state index in [2.05, 4.69) is 0 Å². The molecule has 1 aliphatic rings. The summed E-state index contributed by atoms with van der Waals surface area (Å²) in [5.41, 5.74) is 0.717. The van der Waals surface area contributed by atoms with E-state index in [-0.39, 0.29) is 18.5 Å². The van der Waals surface area contributed by atoms with Crippen LogP contribution in [-0.2, 0) is 19.1 Å². The number of carboxylic acid groups (broad SMARTS) is 1. The Morgan fingerprint density at radius 1 is 1.53 bits per heavy atom. The summed E-state index contributed by atoms with van der Waals surface area (Å²) in [6.07, 6.45) is 8.54. The molecule has 0 saturated carbocycles. The first-order valence-corrected chi connectivity index (χ1v) is 6.37. The largest absolute Gasteiger partial charge is 0.480 e. The molecule has 0 aromatic rings. The molecule has 1 unspecified atom stereocenters. The van der Waals surface area contributed by atoms with E-state index in [4.69, 9.17) is 14.6 Å². The standard InChI is InChI=1S/C14H20O5/c1-18-12-8-11(13(15)9-12)6-4-2-3-5-7-19-10-14(16)17/h4,6,8,12H,2-3,5,7,9-10H2,1H3,(H,16,17)/b6-4-. The Morgan fingerprint density at radius 2 is 2.32 bits per heavy atom. The van der Waals surface area contributed by atoms with E-state index < -0.39 is 5.97 Å². The predicted molar refractivity (Wildman–Crippen MR) is 69.9 cm³/mol. The molecule has 1 rings (SSSR count). The minimum Gasteiger partial charge on any atom is -0.480 e. The summed E-state index contributed by atoms with van der Waals surface area (Å²) in [6, 6.07) is 0. The lowest BCUT2D eigenvalue weighted by Crippen LogP contribution is -2.07. The lowest BCUT2D eigenvalue weighted by molar-refractivity contribution is -0.142. The van der Waals surface area contributed by atoms with Crippen molar-refractivity contribution in [2.75, 3.05) is 20.3 Å². The highest BCUT2D eigenvalue weighted by molar-refractivity contribution is 6.00. The average molecular weight is 268 g/mol. The lowest BCUT2D eigenvalue weighted by atomic mass is 10.1. The summed E-state index contributed by atoms with van der Waals surface area (Å²) < 4.78 is 10.0. The molecule has 0 fully saturated rings. The van der Waals surface area contributed by atoms with Crippen LogP contribution in [0.3, 0.4) is 0 Å². The lowest BCUT2D eigenvalue weighted by Gasteiger charge is -1.99. The number of ketones is 1. The van der Waals surface area contributed by atoms with Crippen LogP contribution < -0.4 is 0 Å². The third-order valence-electron chi connectivity index (χ3n) is 2.81. The number of hydrogen-bond donors (Lipinski definition) is 1. The van der Waals surface area contributed by atoms with E-state index in [0.29, 0.717) is 18.6 Å². The molecule has 0 aromatic heterocycles. The fourth-order valence-corrected chi connectivity index (χ4v) is 1.79. The fraction of sp³-hybridized carbons (Fsp3) is 0.571. The smallest absolute Gasteiger partial charge is 0.329 e. The second-order valence-corrected chi connectivity index (χ2v) is 4.37. The van der Waals surface area contributed by atoms with Gasteiger partial charge in [-0.25, -0.2) is 4.79 Å². The molecule has 1 aliphatic carbocycles. The van der Waals surface area contributed by atoms with Crippen LogP contribution in [0.2, 0.25) is 0 Å². The molecule has 5 nitrogen and oxygen atoms in total. The van der Waals surface area contributed by atoms with E-state index in [1.54, 1.807) is 7.11 Å². The van der Waals surface area contributed by atoms with Gasteiger partial charge in [0, 0.05) is 25.7 Å². The zero-order valence-corrected chi connectivity index (χ0v) is 11.1. The Kier molecular flexibility index (Phi) is 7.07. The van der Waals surface area contributed by atoms with Crippen molar-refractivity contribution >= 4 is 11.8 Å². The van der Waals surface area contributed by atoms with Crippen molar-refractivity contribution in [3.63, 3.8) is 0 Å². The number of carboxylic acids is 1. The highest BCUT2D eigenvalue weighted by Gasteiger charge is 2.21. The fourth-order valence-electron chi connectivity index (χ4n) is 1.79. The summed E-state index contributed by atoms with van der Waals surface area (Å²) >= 11 is 0. The van der Waals surface area contributed by atoms with E-state index >= 15 is 0 Å². The van der Waals surface area contributed by atoms with Crippen molar-refractivity contribution in [1.82, 2.24) is 0 Å². The third-order valence-corrected chi connectivity index (χ3v) is 2.81. The second-order valence-electron chi connectivity index (χ2n) is 4.37. The first-order valence-electron chi connectivity index (χ1n) is 6.37. The summed E-state index contributed by atoms with van der Waals surface area (Å²) in [6.45, 7) is 0.211. The number of aliphatic carboxylic acids is 1. The number of unbranched alkanes of at least 4 members (excludes halogenated alkanes) is 2. The number of hydrogen-bond acceptors (Lipinski definition) is 4. The maximum atomic E-state index is 11.5. The van der Waals surface area contributed by atoms with Crippen molar-refractivity contribution in [3.05, 3.63) is 23.8 Å². The number of carbonyl (C=O) groups is 2. The number of rotatable bonds is 9. The van der Waals surface area contributed by atoms with E-state index in [1.165, 1.54) is 0 Å². The molecule has 19 heavy (non-hydrogen) atoms. The van der Waals surface area contributed by atoms with Gasteiger partial charge in [0.1, 0.15) is 6.61 Å². The van der Waals surface area contributed by atoms with Crippen LogP contribution >= 0.6 is 0 Å². The van der Waals surface area contributed by atoms with Gasteiger partial charge in [-0.1, -0.05) is 12.2 Å². The van der Waals surface area contributed by atoms with Crippen molar-refractivity contribution in [1.29, 1.82) is 0 Å². The monoisotopic (exact) mass is 268 g/mol. The number of allylic oxidation sites excluding steroid dienone is 3. The van der Waals surface area contributed by atoms with Crippen molar-refractivity contribution in [2.45, 2.75) is 31.8 Å². The van der Waals surface area contributed by atoms with Crippen LogP contribution in [-0.4, -0.2) is 43.3 Å². The van der Waals surface area contributed by atoms with E-state index in [1.807, 2.05) is 18.2 Å². The van der Waals surface area contributed by atoms with Gasteiger partial charge in [0.2, 0.25) is 0 Å². The van der Waals surface area contributed by atoms with Crippen LogP contribution in [0.15, 0.2) is 23.8 Å². The topological polar surface area (TPSA) is 72.8 Å². The molecule has 0 aromatic carbocycles. The molecule has 0 bridgehead atoms. The van der Waals surface area contributed by atoms with Gasteiger partial charge in [-0.3, -0.25) is 4.79 Å². The van der Waals surface area contributed by atoms with Gasteiger partial charge in [-0.05, 0) is 25.3 Å². The molecule has 0 amide bonds. The Balaban J connectivity index is 2.10. The first-order chi connectivity index (χ1) is 9.13. The van der Waals surface area contributed by atoms with Crippen LogP contribution in [0.1, 0.15) is 25.7 Å². The molecule has 0 saturated heterocycles. The number of ether oxygens (including phenoxy) is 2. The zero-order chi connectivity index (χ0) is 14.1. The van der Waals surface area contributed by atoms with Gasteiger partial charge in [0.25, 0.3) is 0 Å². The average Bonchev–Trinajstić information content (AvgIpc) is 2.73. The molecule has 0 radical (unpaired) electrons. The van der Waals surface area contributed by atoms with Gasteiger partial charge in [-0.15, -0.1) is 0 Å². The maximum Gasteiger partial charge on any atom is 0.329 e. The quantitative estimate of drug-likeness (QED) is 0.645. The van der Waals surface area contributed by atoms with E-state index in [0.717, 1.165) is 19.3 Å². The molecule has 1 N–H and O–H groups in total. The minimum atomic E-state index is -0.945. The highest BCUT2D eigenvalue weighted by atomic mass is 16.5. The molecule has 0 aliphatic heterocycles. The van der Waals surface area contributed by atoms with Gasteiger partial charge in [0.15, 0.2) is 5.78 Å². The predicted octanol–water partition coefficient (Wildman–Crippen LogP) is 1.73. The maximum absolute atomic E-state index is 11.5. The van der Waals surface area contributed by atoms with Crippen LogP contribution in [0.4, 0.5) is 0 Å². The van der Waals surface area contributed by atoms with E-state index in [9.17, 15) is 9.59 Å². The van der Waals surface area contributed by atoms with Gasteiger partial charge >= 0.3 is 5.97 Å². The third kappa shape index (κ3) is 6.31. The van der Waals surface area contributed by atoms with Crippen LogP contribution in [0.25, 0.3) is 0 Å². The van der Waals surface area contributed by atoms with Crippen molar-refractivity contribution < 1.29 is 24.2 Å². The second kappa shape index (κ2) is 8.61. The zero-order valence-electron chi connectivity index (χ0n) is 11.1. The Hall–Kier alpha value is -1.46. The summed E-state index contributed by atoms with van der Waals surface area (Å²) in [7, 11) is 1.60. The molecule has 1 atom stereocenters. The van der Waals surface area contributed by atoms with Gasteiger partial charge in [-0.2, -0.15) is 0 Å². The molecular formula is C14H20O5. The molecule has 0 spiro atoms. The van der Waals surface area contributed by atoms with Gasteiger partial charge in [0.05, 0.1) is 6.10 Å². The van der Waals surface area contributed by atoms with Gasteiger partial charge < -0.3 is 14.6 Å². The Morgan fingerprint density at radius 3 is 2.95 bits per heavy atom. The van der Waals surface area contributed by atoms with Crippen LogP contribution in [0, 0.1) is 0 Å². The van der Waals surface area contributed by atoms with Crippen LogP contribution in [0.5, 0.6) is 0 Å². The normalized spacial score (nSPS) is 19.1. The van der Waals surface area contributed by atoms with Crippen molar-refractivity contribution in [2.24, 2.45) is 0 Å². The number of Topliss-reactive ketones (excluding diaryl/α,β-unsaturated/α-hetero) is 1. The van der Waals surface area contributed by atoms with Crippen molar-refractivity contribution in [3.8, 4) is 0 Å². The molecular weight excluding hydrogens is 248 g/mol. The molecule has 0 heterocycles. The highest BCUT2D eigenvalue weighted by Crippen LogP contribution is 2.18. The summed E-state index contributed by atoms with van der Waals surface area (Å²) in [4.78, 5) is 21.7. The molecule has 106 valence electrons. The SMILES string of the molecule is COC1C=C(/C=C\CCCCOCC(=O)O)C(=O)C1. The summed E-state index contributed by atoms with van der Waals surface area (Å²) in [5.74, 6) is -0.827. The Bertz CT molecular complexity index is 370. The summed E-state index contributed by atoms with van der Waals surface area (Å²) in [5, 5.41) is 8.36. The number of carbonyl (C=O) groups excluding carboxylic acids is 1. The minimum absolute atomic E-state index is 0.0865.